The molecular weight excluding hydrogens is 288 g/mol. The quantitative estimate of drug-likeness (QED) is 0.849. The molecule has 3 saturated heterocycles. The molecular formula is C16H21ClN2O2. The van der Waals surface area contributed by atoms with Gasteiger partial charge in [0.15, 0.2) is 0 Å². The fraction of sp³-hybridized carbons (Fsp3) is 0.562. The van der Waals surface area contributed by atoms with E-state index in [-0.39, 0.29) is 18.3 Å². The van der Waals surface area contributed by atoms with E-state index in [9.17, 15) is 4.79 Å². The third kappa shape index (κ3) is 2.51. The summed E-state index contributed by atoms with van der Waals surface area (Å²) in [6.45, 7) is 1.78. The van der Waals surface area contributed by atoms with E-state index in [1.165, 1.54) is 12.8 Å². The number of carbonyl (C=O) groups excluding carboxylic acids is 1. The molecule has 21 heavy (non-hydrogen) atoms. The lowest BCUT2D eigenvalue weighted by atomic mass is 9.82. The van der Waals surface area contributed by atoms with Gasteiger partial charge in [0.05, 0.1) is 18.6 Å². The molecule has 1 aromatic carbocycles. The second kappa shape index (κ2) is 5.50. The number of ether oxygens (including phenoxy) is 1. The third-order valence-electron chi connectivity index (χ3n) is 5.14. The lowest BCUT2D eigenvalue weighted by molar-refractivity contribution is -0.130. The van der Waals surface area contributed by atoms with Crippen LogP contribution in [0.3, 0.4) is 0 Å². The third-order valence-corrected chi connectivity index (χ3v) is 5.14. The Bertz CT molecular complexity index is 516. The van der Waals surface area contributed by atoms with Crippen molar-refractivity contribution in [3.05, 3.63) is 29.8 Å². The Morgan fingerprint density at radius 3 is 2.29 bits per heavy atom. The Kier molecular flexibility index (Phi) is 3.84. The summed E-state index contributed by atoms with van der Waals surface area (Å²) in [5.41, 5.74) is 7.45. The smallest absolute Gasteiger partial charge is 0.227 e. The highest BCUT2D eigenvalue weighted by Gasteiger charge is 2.53. The molecule has 3 aliphatic heterocycles. The maximum Gasteiger partial charge on any atom is 0.227 e. The Morgan fingerprint density at radius 2 is 1.71 bits per heavy atom. The van der Waals surface area contributed by atoms with Crippen LogP contribution in [0.1, 0.15) is 18.4 Å². The summed E-state index contributed by atoms with van der Waals surface area (Å²) in [6.07, 6.45) is 3.69. The van der Waals surface area contributed by atoms with E-state index in [2.05, 4.69) is 0 Å². The maximum atomic E-state index is 12.4. The van der Waals surface area contributed by atoms with E-state index in [1.807, 2.05) is 29.2 Å². The summed E-state index contributed by atoms with van der Waals surface area (Å²) in [4.78, 5) is 14.5. The van der Waals surface area contributed by atoms with Crippen molar-refractivity contribution in [3.63, 3.8) is 0 Å². The summed E-state index contributed by atoms with van der Waals surface area (Å²) in [6, 6.07) is 7.60. The van der Waals surface area contributed by atoms with Crippen LogP contribution >= 0.6 is 12.4 Å². The number of rotatable bonds is 2. The number of amides is 1. The van der Waals surface area contributed by atoms with Crippen molar-refractivity contribution in [2.45, 2.75) is 31.5 Å². The van der Waals surface area contributed by atoms with Crippen LogP contribution in [-0.4, -0.2) is 36.1 Å². The fourth-order valence-corrected chi connectivity index (χ4v) is 4.09. The monoisotopic (exact) mass is 308 g/mol. The van der Waals surface area contributed by atoms with Crippen LogP contribution in [0, 0.1) is 11.8 Å². The highest BCUT2D eigenvalue weighted by atomic mass is 35.5. The largest absolute Gasteiger partial charge is 0.399 e. The minimum atomic E-state index is 0. The van der Waals surface area contributed by atoms with Crippen LogP contribution in [0.5, 0.6) is 0 Å². The molecule has 2 N–H and O–H groups in total. The van der Waals surface area contributed by atoms with Gasteiger partial charge in [-0.3, -0.25) is 4.79 Å². The zero-order valence-corrected chi connectivity index (χ0v) is 12.7. The number of hydrogen-bond acceptors (Lipinski definition) is 3. The molecule has 3 fully saturated rings. The van der Waals surface area contributed by atoms with E-state index in [0.29, 0.717) is 30.5 Å². The first-order chi connectivity index (χ1) is 9.70. The van der Waals surface area contributed by atoms with E-state index in [4.69, 9.17) is 10.5 Å². The van der Waals surface area contributed by atoms with Gasteiger partial charge >= 0.3 is 0 Å². The molecule has 0 spiro atoms. The lowest BCUT2D eigenvalue weighted by Gasteiger charge is -2.19. The SMILES string of the molecule is Cl.Nc1ccc(CC(=O)N2CC3C4CCC(O4)C3C2)cc1. The molecule has 3 aliphatic rings. The van der Waals surface area contributed by atoms with Gasteiger partial charge in [0.1, 0.15) is 0 Å². The summed E-state index contributed by atoms with van der Waals surface area (Å²) in [7, 11) is 0. The van der Waals surface area contributed by atoms with E-state index >= 15 is 0 Å². The van der Waals surface area contributed by atoms with Gasteiger partial charge < -0.3 is 15.4 Å². The number of nitrogens with two attached hydrogens (primary N) is 1. The summed E-state index contributed by atoms with van der Waals surface area (Å²) in [5, 5.41) is 0. The number of benzene rings is 1. The molecule has 3 heterocycles. The van der Waals surface area contributed by atoms with Crippen LogP contribution < -0.4 is 5.73 Å². The molecule has 2 bridgehead atoms. The normalized spacial score (nSPS) is 32.9. The van der Waals surface area contributed by atoms with Gasteiger partial charge in [-0.1, -0.05) is 12.1 Å². The molecule has 0 radical (unpaired) electrons. The van der Waals surface area contributed by atoms with Crippen molar-refractivity contribution in [2.24, 2.45) is 11.8 Å². The Labute approximate surface area is 131 Å². The highest BCUT2D eigenvalue weighted by molar-refractivity contribution is 5.85. The first-order valence-corrected chi connectivity index (χ1v) is 7.48. The van der Waals surface area contributed by atoms with Gasteiger partial charge in [-0.05, 0) is 30.5 Å². The minimum absolute atomic E-state index is 0. The number of nitrogens with zero attached hydrogens (tertiary/aromatic N) is 1. The standard InChI is InChI=1S/C16H20N2O2.ClH/c17-11-3-1-10(2-4-11)7-16(19)18-8-12-13(9-18)15-6-5-14(12)20-15;/h1-4,12-15H,5-9,17H2;1H. The number of likely N-dealkylation sites (tertiary alicyclic amines) is 1. The number of nitrogen functional groups attached to an aromatic ring is 1. The zero-order chi connectivity index (χ0) is 13.7. The molecule has 4 unspecified atom stereocenters. The molecule has 1 amide bonds. The second-order valence-corrected chi connectivity index (χ2v) is 6.34. The van der Waals surface area contributed by atoms with Crippen molar-refractivity contribution in [2.75, 3.05) is 18.8 Å². The number of anilines is 1. The van der Waals surface area contributed by atoms with Gasteiger partial charge in [-0.15, -0.1) is 12.4 Å². The Balaban J connectivity index is 0.00000132. The van der Waals surface area contributed by atoms with Crippen LogP contribution in [0.4, 0.5) is 5.69 Å². The zero-order valence-electron chi connectivity index (χ0n) is 11.9. The maximum absolute atomic E-state index is 12.4. The van der Waals surface area contributed by atoms with Crippen LogP contribution in [0.2, 0.25) is 0 Å². The summed E-state index contributed by atoms with van der Waals surface area (Å²) < 4.78 is 5.95. The average Bonchev–Trinajstić information content (AvgIpc) is 3.13. The van der Waals surface area contributed by atoms with Gasteiger partial charge in [-0.2, -0.15) is 0 Å². The topological polar surface area (TPSA) is 55.6 Å². The first kappa shape index (κ1) is 14.7. The molecule has 4 nitrogen and oxygen atoms in total. The first-order valence-electron chi connectivity index (χ1n) is 7.48. The number of hydrogen-bond donors (Lipinski definition) is 1. The number of halogens is 1. The lowest BCUT2D eigenvalue weighted by Crippen LogP contribution is -2.32. The van der Waals surface area contributed by atoms with Crippen molar-refractivity contribution >= 4 is 24.0 Å². The minimum Gasteiger partial charge on any atom is -0.399 e. The van der Waals surface area contributed by atoms with E-state index < -0.39 is 0 Å². The van der Waals surface area contributed by atoms with E-state index in [0.717, 1.165) is 24.3 Å². The molecule has 0 saturated carbocycles. The van der Waals surface area contributed by atoms with Crippen molar-refractivity contribution in [3.8, 4) is 0 Å². The second-order valence-electron chi connectivity index (χ2n) is 6.34. The van der Waals surface area contributed by atoms with Crippen molar-refractivity contribution in [1.29, 1.82) is 0 Å². The van der Waals surface area contributed by atoms with Crippen LogP contribution in [0.15, 0.2) is 24.3 Å². The Hall–Kier alpha value is -1.26. The molecule has 0 aromatic heterocycles. The highest BCUT2D eigenvalue weighted by Crippen LogP contribution is 2.47. The predicted molar refractivity (Wildman–Crippen MR) is 83.3 cm³/mol. The summed E-state index contributed by atoms with van der Waals surface area (Å²) >= 11 is 0. The van der Waals surface area contributed by atoms with E-state index in [1.54, 1.807) is 0 Å². The van der Waals surface area contributed by atoms with Crippen LogP contribution in [-0.2, 0) is 16.0 Å². The fourth-order valence-electron chi connectivity index (χ4n) is 4.09. The summed E-state index contributed by atoms with van der Waals surface area (Å²) in [5.74, 6) is 1.41. The van der Waals surface area contributed by atoms with Gasteiger partial charge in [-0.25, -0.2) is 0 Å². The van der Waals surface area contributed by atoms with Crippen molar-refractivity contribution < 1.29 is 9.53 Å². The van der Waals surface area contributed by atoms with Crippen molar-refractivity contribution in [1.82, 2.24) is 4.90 Å². The predicted octanol–water partition coefficient (Wildman–Crippen LogP) is 1.87. The Morgan fingerprint density at radius 1 is 1.14 bits per heavy atom. The van der Waals surface area contributed by atoms with Crippen LogP contribution in [0.25, 0.3) is 0 Å². The number of fused-ring (bicyclic) bond motifs is 5. The molecule has 0 aliphatic carbocycles. The molecule has 1 aromatic rings. The number of carbonyl (C=O) groups is 1. The van der Waals surface area contributed by atoms with Gasteiger partial charge in [0, 0.05) is 30.6 Å². The average molecular weight is 309 g/mol. The molecule has 114 valence electrons. The molecule has 4 atom stereocenters. The molecule has 5 heteroatoms. The van der Waals surface area contributed by atoms with Gasteiger partial charge in [0.25, 0.3) is 0 Å². The van der Waals surface area contributed by atoms with Gasteiger partial charge in [0.2, 0.25) is 5.91 Å². The molecule has 4 rings (SSSR count).